The molecule has 2 aliphatic rings. The molecule has 70 valence electrons. The van der Waals surface area contributed by atoms with E-state index in [2.05, 4.69) is 17.5 Å². The van der Waals surface area contributed by atoms with E-state index in [-0.39, 0.29) is 0 Å². The summed E-state index contributed by atoms with van der Waals surface area (Å²) in [7, 11) is 0. The molecule has 1 N–H and O–H groups in total. The van der Waals surface area contributed by atoms with E-state index in [1.54, 1.807) is 0 Å². The van der Waals surface area contributed by atoms with Gasteiger partial charge < -0.3 is 5.32 Å². The molecule has 0 bridgehead atoms. The fourth-order valence-corrected chi connectivity index (χ4v) is 2.78. The number of rotatable bonds is 0. The van der Waals surface area contributed by atoms with E-state index >= 15 is 0 Å². The van der Waals surface area contributed by atoms with Crippen molar-refractivity contribution in [2.45, 2.75) is 31.2 Å². The van der Waals surface area contributed by atoms with Gasteiger partial charge >= 0.3 is 0 Å². The maximum Gasteiger partial charge on any atom is 0.0992 e. The first-order chi connectivity index (χ1) is 6.88. The van der Waals surface area contributed by atoms with Crippen molar-refractivity contribution in [2.75, 3.05) is 5.32 Å². The summed E-state index contributed by atoms with van der Waals surface area (Å²) in [6.45, 7) is 0. The minimum absolute atomic E-state index is 0.638. The van der Waals surface area contributed by atoms with Crippen LogP contribution in [-0.4, -0.2) is 6.04 Å². The highest BCUT2D eigenvalue weighted by Gasteiger charge is 2.35. The molecule has 0 radical (unpaired) electrons. The third-order valence-corrected chi connectivity index (χ3v) is 3.44. The Bertz CT molecular complexity index is 417. The van der Waals surface area contributed by atoms with Crippen molar-refractivity contribution in [3.05, 3.63) is 29.3 Å². The molecule has 0 amide bonds. The van der Waals surface area contributed by atoms with E-state index in [0.29, 0.717) is 12.0 Å². The SMILES string of the molecule is N#Cc1ccc2c(c1)NC1CCCC21. The molecule has 2 heteroatoms. The van der Waals surface area contributed by atoms with Crippen molar-refractivity contribution in [2.24, 2.45) is 0 Å². The lowest BCUT2D eigenvalue weighted by Crippen LogP contribution is -2.13. The maximum atomic E-state index is 8.79. The summed E-state index contributed by atoms with van der Waals surface area (Å²) in [4.78, 5) is 0. The van der Waals surface area contributed by atoms with Crippen LogP contribution in [0.3, 0.4) is 0 Å². The number of nitriles is 1. The highest BCUT2D eigenvalue weighted by molar-refractivity contribution is 5.62. The van der Waals surface area contributed by atoms with E-state index in [1.165, 1.54) is 30.5 Å². The van der Waals surface area contributed by atoms with Crippen LogP contribution < -0.4 is 5.32 Å². The second kappa shape index (κ2) is 2.75. The lowest BCUT2D eigenvalue weighted by molar-refractivity contribution is 0.689. The van der Waals surface area contributed by atoms with Crippen molar-refractivity contribution >= 4 is 5.69 Å². The third kappa shape index (κ3) is 0.957. The Morgan fingerprint density at radius 3 is 3.14 bits per heavy atom. The zero-order chi connectivity index (χ0) is 9.54. The van der Waals surface area contributed by atoms with Crippen molar-refractivity contribution in [3.63, 3.8) is 0 Å². The van der Waals surface area contributed by atoms with Gasteiger partial charge in [-0.25, -0.2) is 0 Å². The van der Waals surface area contributed by atoms with Crippen molar-refractivity contribution in [1.29, 1.82) is 5.26 Å². The summed E-state index contributed by atoms with van der Waals surface area (Å²) in [6.07, 6.45) is 3.92. The third-order valence-electron chi connectivity index (χ3n) is 3.44. The molecule has 1 fully saturated rings. The molecule has 1 aromatic carbocycles. The van der Waals surface area contributed by atoms with Crippen molar-refractivity contribution in [3.8, 4) is 6.07 Å². The Morgan fingerprint density at radius 1 is 1.36 bits per heavy atom. The highest BCUT2D eigenvalue weighted by Crippen LogP contribution is 2.45. The van der Waals surface area contributed by atoms with Crippen LogP contribution in [0, 0.1) is 11.3 Å². The minimum atomic E-state index is 0.638. The molecule has 2 nitrogen and oxygen atoms in total. The summed E-state index contributed by atoms with van der Waals surface area (Å²) in [5.41, 5.74) is 3.38. The van der Waals surface area contributed by atoms with Crippen LogP contribution in [-0.2, 0) is 0 Å². The molecule has 2 unspecified atom stereocenters. The number of nitrogens with zero attached hydrogens (tertiary/aromatic N) is 1. The molecular weight excluding hydrogens is 172 g/mol. The molecule has 1 heterocycles. The molecule has 0 spiro atoms. The van der Waals surface area contributed by atoms with Crippen LogP contribution in [0.5, 0.6) is 0 Å². The standard InChI is InChI=1S/C12H12N2/c13-7-8-4-5-10-9-2-1-3-11(9)14-12(10)6-8/h4-6,9,11,14H,1-3H2. The van der Waals surface area contributed by atoms with Crippen LogP contribution in [0.1, 0.15) is 36.3 Å². The van der Waals surface area contributed by atoms with Gasteiger partial charge in [0.1, 0.15) is 0 Å². The predicted octanol–water partition coefficient (Wildman–Crippen LogP) is 2.62. The first-order valence-electron chi connectivity index (χ1n) is 5.19. The summed E-state index contributed by atoms with van der Waals surface area (Å²) in [6, 6.07) is 8.85. The first kappa shape index (κ1) is 7.87. The summed E-state index contributed by atoms with van der Waals surface area (Å²) in [5, 5.41) is 12.3. The molecule has 0 saturated heterocycles. The Kier molecular flexibility index (Phi) is 1.55. The number of nitrogens with one attached hydrogen (secondary N) is 1. The van der Waals surface area contributed by atoms with E-state index in [9.17, 15) is 0 Å². The number of hydrogen-bond donors (Lipinski definition) is 1. The summed E-state index contributed by atoms with van der Waals surface area (Å²) in [5.74, 6) is 0.706. The Morgan fingerprint density at radius 2 is 2.29 bits per heavy atom. The summed E-state index contributed by atoms with van der Waals surface area (Å²) >= 11 is 0. The molecule has 1 aliphatic heterocycles. The van der Waals surface area contributed by atoms with Crippen LogP contribution >= 0.6 is 0 Å². The maximum absolute atomic E-state index is 8.79. The Balaban J connectivity index is 2.06. The van der Waals surface area contributed by atoms with Crippen LogP contribution in [0.2, 0.25) is 0 Å². The average molecular weight is 184 g/mol. The smallest absolute Gasteiger partial charge is 0.0992 e. The van der Waals surface area contributed by atoms with E-state index in [1.807, 2.05) is 12.1 Å². The van der Waals surface area contributed by atoms with E-state index in [4.69, 9.17) is 5.26 Å². The molecule has 1 saturated carbocycles. The van der Waals surface area contributed by atoms with Crippen molar-refractivity contribution in [1.82, 2.24) is 0 Å². The van der Waals surface area contributed by atoms with Gasteiger partial charge in [-0.3, -0.25) is 0 Å². The van der Waals surface area contributed by atoms with Gasteiger partial charge in [0, 0.05) is 17.6 Å². The normalized spacial score (nSPS) is 27.6. The molecule has 2 atom stereocenters. The molecular formula is C12H12N2. The van der Waals surface area contributed by atoms with Crippen LogP contribution in [0.4, 0.5) is 5.69 Å². The van der Waals surface area contributed by atoms with Gasteiger partial charge in [-0.1, -0.05) is 12.5 Å². The predicted molar refractivity (Wildman–Crippen MR) is 55.2 cm³/mol. The number of fused-ring (bicyclic) bond motifs is 3. The molecule has 3 rings (SSSR count). The van der Waals surface area contributed by atoms with Gasteiger partial charge in [-0.2, -0.15) is 5.26 Å². The zero-order valence-electron chi connectivity index (χ0n) is 7.96. The quantitative estimate of drug-likeness (QED) is 0.672. The largest absolute Gasteiger partial charge is 0.381 e. The van der Waals surface area contributed by atoms with Gasteiger partial charge in [0.15, 0.2) is 0 Å². The Labute approximate surface area is 83.6 Å². The second-order valence-corrected chi connectivity index (χ2v) is 4.20. The van der Waals surface area contributed by atoms with Crippen LogP contribution in [0.15, 0.2) is 18.2 Å². The molecule has 1 aliphatic carbocycles. The molecule has 0 aromatic heterocycles. The van der Waals surface area contributed by atoms with Crippen molar-refractivity contribution < 1.29 is 0 Å². The van der Waals surface area contributed by atoms with E-state index < -0.39 is 0 Å². The Hall–Kier alpha value is -1.49. The lowest BCUT2D eigenvalue weighted by atomic mass is 9.97. The fourth-order valence-electron chi connectivity index (χ4n) is 2.78. The fraction of sp³-hybridized carbons (Fsp3) is 0.417. The van der Waals surface area contributed by atoms with Gasteiger partial charge in [0.25, 0.3) is 0 Å². The molecule has 14 heavy (non-hydrogen) atoms. The monoisotopic (exact) mass is 184 g/mol. The van der Waals surface area contributed by atoms with E-state index in [0.717, 1.165) is 5.56 Å². The van der Waals surface area contributed by atoms with Crippen LogP contribution in [0.25, 0.3) is 0 Å². The number of anilines is 1. The topological polar surface area (TPSA) is 35.8 Å². The highest BCUT2D eigenvalue weighted by atomic mass is 15.0. The van der Waals surface area contributed by atoms with Gasteiger partial charge in [-0.05, 0) is 30.5 Å². The van der Waals surface area contributed by atoms with Gasteiger partial charge in [-0.15, -0.1) is 0 Å². The van der Waals surface area contributed by atoms with Gasteiger partial charge in [0.2, 0.25) is 0 Å². The lowest BCUT2D eigenvalue weighted by Gasteiger charge is -2.07. The first-order valence-corrected chi connectivity index (χ1v) is 5.19. The zero-order valence-corrected chi connectivity index (χ0v) is 7.96. The second-order valence-electron chi connectivity index (χ2n) is 4.20. The molecule has 1 aromatic rings. The summed E-state index contributed by atoms with van der Waals surface area (Å²) < 4.78 is 0. The number of benzene rings is 1. The van der Waals surface area contributed by atoms with Gasteiger partial charge in [0.05, 0.1) is 11.6 Å². The number of hydrogen-bond acceptors (Lipinski definition) is 2. The minimum Gasteiger partial charge on any atom is -0.381 e. The average Bonchev–Trinajstić information content (AvgIpc) is 2.75.